The molecule has 1 aromatic rings. The number of aromatic nitrogens is 1. The van der Waals surface area contributed by atoms with Crippen LogP contribution in [0.2, 0.25) is 0 Å². The van der Waals surface area contributed by atoms with E-state index in [9.17, 15) is 0 Å². The highest BCUT2D eigenvalue weighted by Gasteiger charge is 1.94. The lowest BCUT2D eigenvalue weighted by Gasteiger charge is -1.79. The minimum Gasteiger partial charge on any atom is -0.430 e. The van der Waals surface area contributed by atoms with Crippen molar-refractivity contribution in [2.24, 2.45) is 0 Å². The highest BCUT2D eigenvalue weighted by atomic mass is 32.1. The van der Waals surface area contributed by atoms with E-state index in [1.807, 2.05) is 6.92 Å². The van der Waals surface area contributed by atoms with Crippen molar-refractivity contribution in [3.05, 3.63) is 12.1 Å². The van der Waals surface area contributed by atoms with E-state index in [0.29, 0.717) is 5.09 Å². The van der Waals surface area contributed by atoms with Gasteiger partial charge in [-0.05, 0) is 12.6 Å². The summed E-state index contributed by atoms with van der Waals surface area (Å²) < 4.78 is 4.94. The molecule has 43 valence electrons. The molecule has 0 atom stereocenters. The highest BCUT2D eigenvalue weighted by molar-refractivity contribution is 7.80. The normalized spacial score (nSPS) is 9.62. The Morgan fingerprint density at radius 1 is 1.88 bits per heavy atom. The zero-order chi connectivity index (χ0) is 5.98. The molecule has 1 aromatic heterocycles. The second-order valence-electron chi connectivity index (χ2n) is 1.43. The summed E-state index contributed by atoms with van der Waals surface area (Å²) in [6.45, 7) is 1.97. The number of aryl methyl sites for hydroxylation is 1. The predicted molar refractivity (Wildman–Crippen MR) is 31.7 cm³/mol. The van der Waals surface area contributed by atoms with Crippen LogP contribution in [0.15, 0.2) is 15.7 Å². The van der Waals surface area contributed by atoms with Crippen molar-refractivity contribution >= 4 is 12.6 Å². The first-order valence-electron chi connectivity index (χ1n) is 2.44. The average molecular weight is 128 g/mol. The largest absolute Gasteiger partial charge is 0.430 e. The number of rotatable bonds is 1. The number of hydrogen-bond donors (Lipinski definition) is 0. The van der Waals surface area contributed by atoms with Gasteiger partial charge >= 0.3 is 0 Å². The molecule has 3 heteroatoms. The Bertz CT molecular complexity index is 173. The van der Waals surface area contributed by atoms with Gasteiger partial charge in [-0.2, -0.15) is 0 Å². The standard InChI is InChI=1S/C5H6NOS/c1-2-4-6-3-5(8)7-4/h3H,2H2,1H3. The smallest absolute Gasteiger partial charge is 0.210 e. The number of nitrogens with zero attached hydrogens (tertiary/aromatic N) is 1. The summed E-state index contributed by atoms with van der Waals surface area (Å²) >= 11 is 4.67. The van der Waals surface area contributed by atoms with E-state index in [4.69, 9.17) is 4.42 Å². The molecule has 1 heterocycles. The van der Waals surface area contributed by atoms with E-state index in [1.54, 1.807) is 6.20 Å². The summed E-state index contributed by atoms with van der Waals surface area (Å²) in [5, 5.41) is 0.474. The summed E-state index contributed by atoms with van der Waals surface area (Å²) in [6.07, 6.45) is 2.37. The Kier molecular flexibility index (Phi) is 1.48. The van der Waals surface area contributed by atoms with Crippen LogP contribution in [0.25, 0.3) is 0 Å². The van der Waals surface area contributed by atoms with E-state index in [-0.39, 0.29) is 0 Å². The van der Waals surface area contributed by atoms with Crippen molar-refractivity contribution in [3.8, 4) is 0 Å². The van der Waals surface area contributed by atoms with Crippen molar-refractivity contribution in [2.45, 2.75) is 18.4 Å². The van der Waals surface area contributed by atoms with Crippen LogP contribution in [-0.4, -0.2) is 4.98 Å². The van der Waals surface area contributed by atoms with E-state index < -0.39 is 0 Å². The van der Waals surface area contributed by atoms with Crippen LogP contribution in [-0.2, 0) is 6.42 Å². The van der Waals surface area contributed by atoms with E-state index in [0.717, 1.165) is 12.3 Å². The first kappa shape index (κ1) is 5.56. The molecule has 0 aliphatic carbocycles. The topological polar surface area (TPSA) is 26.0 Å². The maximum atomic E-state index is 4.94. The van der Waals surface area contributed by atoms with Gasteiger partial charge in [0.25, 0.3) is 0 Å². The lowest BCUT2D eigenvalue weighted by atomic mass is 10.5. The van der Waals surface area contributed by atoms with Crippen molar-refractivity contribution in [1.29, 1.82) is 0 Å². The minimum absolute atomic E-state index is 0.474. The fraction of sp³-hybridized carbons (Fsp3) is 0.400. The monoisotopic (exact) mass is 128 g/mol. The van der Waals surface area contributed by atoms with Crippen LogP contribution in [0.3, 0.4) is 0 Å². The second-order valence-corrected chi connectivity index (χ2v) is 1.83. The van der Waals surface area contributed by atoms with Crippen LogP contribution >= 0.6 is 12.6 Å². The predicted octanol–water partition coefficient (Wildman–Crippen LogP) is 1.79. The third-order valence-corrected chi connectivity index (χ3v) is 1.02. The molecule has 0 spiro atoms. The van der Waals surface area contributed by atoms with Crippen LogP contribution in [0.4, 0.5) is 0 Å². The van der Waals surface area contributed by atoms with Crippen molar-refractivity contribution in [1.82, 2.24) is 4.98 Å². The molecular formula is C5H6NOS. The van der Waals surface area contributed by atoms with E-state index >= 15 is 0 Å². The Hall–Kier alpha value is -0.570. The highest BCUT2D eigenvalue weighted by Crippen LogP contribution is 2.06. The quantitative estimate of drug-likeness (QED) is 0.576. The Balaban J connectivity index is 2.84. The van der Waals surface area contributed by atoms with Gasteiger partial charge < -0.3 is 4.42 Å². The molecule has 0 unspecified atom stereocenters. The van der Waals surface area contributed by atoms with Crippen molar-refractivity contribution < 1.29 is 4.42 Å². The number of hydrogen-bond acceptors (Lipinski definition) is 2. The maximum absolute atomic E-state index is 4.94. The summed E-state index contributed by atoms with van der Waals surface area (Å²) in [5.74, 6) is 0.718. The molecule has 1 rings (SSSR count). The van der Waals surface area contributed by atoms with Crippen LogP contribution < -0.4 is 0 Å². The fourth-order valence-electron chi connectivity index (χ4n) is 0.457. The average Bonchev–Trinajstić information content (AvgIpc) is 2.14. The molecule has 0 fully saturated rings. The molecule has 0 amide bonds. The molecule has 1 radical (unpaired) electrons. The summed E-state index contributed by atoms with van der Waals surface area (Å²) in [4.78, 5) is 3.86. The third-order valence-electron chi connectivity index (χ3n) is 0.835. The summed E-state index contributed by atoms with van der Waals surface area (Å²) in [7, 11) is 0. The maximum Gasteiger partial charge on any atom is 0.210 e. The van der Waals surface area contributed by atoms with Crippen molar-refractivity contribution in [3.63, 3.8) is 0 Å². The van der Waals surface area contributed by atoms with Gasteiger partial charge in [-0.25, -0.2) is 4.98 Å². The molecule has 0 aliphatic rings. The van der Waals surface area contributed by atoms with E-state index in [1.165, 1.54) is 0 Å². The van der Waals surface area contributed by atoms with Crippen LogP contribution in [0, 0.1) is 0 Å². The molecule has 0 aromatic carbocycles. The lowest BCUT2D eigenvalue weighted by molar-refractivity contribution is 0.429. The first-order chi connectivity index (χ1) is 3.83. The lowest BCUT2D eigenvalue weighted by Crippen LogP contribution is -1.73. The summed E-state index contributed by atoms with van der Waals surface area (Å²) in [5.41, 5.74) is 0. The molecule has 0 saturated carbocycles. The van der Waals surface area contributed by atoms with Gasteiger partial charge in [-0.1, -0.05) is 6.92 Å². The van der Waals surface area contributed by atoms with Crippen LogP contribution in [0.1, 0.15) is 12.8 Å². The SMILES string of the molecule is CCc1ncc([S])o1. The summed E-state index contributed by atoms with van der Waals surface area (Å²) in [6, 6.07) is 0. The van der Waals surface area contributed by atoms with Gasteiger partial charge in [0.2, 0.25) is 5.09 Å². The fourth-order valence-corrected chi connectivity index (χ4v) is 0.606. The molecule has 2 nitrogen and oxygen atoms in total. The zero-order valence-electron chi connectivity index (χ0n) is 4.55. The number of oxazole rings is 1. The van der Waals surface area contributed by atoms with Crippen LogP contribution in [0.5, 0.6) is 0 Å². The van der Waals surface area contributed by atoms with Crippen molar-refractivity contribution in [2.75, 3.05) is 0 Å². The van der Waals surface area contributed by atoms with Gasteiger partial charge in [0.15, 0.2) is 5.89 Å². The van der Waals surface area contributed by atoms with Gasteiger partial charge in [0.05, 0.1) is 6.20 Å². The molecule has 0 N–H and O–H groups in total. The second kappa shape index (κ2) is 2.13. The first-order valence-corrected chi connectivity index (χ1v) is 2.85. The van der Waals surface area contributed by atoms with Gasteiger partial charge in [0, 0.05) is 6.42 Å². The molecule has 8 heavy (non-hydrogen) atoms. The third kappa shape index (κ3) is 0.980. The van der Waals surface area contributed by atoms with Gasteiger partial charge in [0.1, 0.15) is 0 Å². The Morgan fingerprint density at radius 3 is 2.88 bits per heavy atom. The molecule has 0 saturated heterocycles. The van der Waals surface area contributed by atoms with Gasteiger partial charge in [-0.3, -0.25) is 0 Å². The van der Waals surface area contributed by atoms with Gasteiger partial charge in [-0.15, -0.1) is 0 Å². The molecule has 0 aliphatic heterocycles. The minimum atomic E-state index is 0.474. The molecule has 0 bridgehead atoms. The molecular weight excluding hydrogens is 122 g/mol. The Morgan fingerprint density at radius 2 is 2.62 bits per heavy atom. The zero-order valence-corrected chi connectivity index (χ0v) is 5.36. The Labute approximate surface area is 53.3 Å². The van der Waals surface area contributed by atoms with E-state index in [2.05, 4.69) is 17.6 Å².